The Morgan fingerprint density at radius 1 is 1.38 bits per heavy atom. The Kier molecular flexibility index (Phi) is 3.12. The Bertz CT molecular complexity index is 507. The summed E-state index contributed by atoms with van der Waals surface area (Å²) in [5, 5.41) is 14.3. The van der Waals surface area contributed by atoms with Gasteiger partial charge in [-0.25, -0.2) is 0 Å². The van der Waals surface area contributed by atoms with Crippen LogP contribution < -0.4 is 0 Å². The number of aryl methyl sites for hydroxylation is 2. The smallest absolute Gasteiger partial charge is 0.122 e. The quantitative estimate of drug-likeness (QED) is 0.918. The average Bonchev–Trinajstić information content (AvgIpc) is 2.68. The third-order valence-electron chi connectivity index (χ3n) is 2.66. The summed E-state index contributed by atoms with van der Waals surface area (Å²) in [7, 11) is 1.82. The van der Waals surface area contributed by atoms with Gasteiger partial charge in [0.15, 0.2) is 0 Å². The zero-order valence-corrected chi connectivity index (χ0v) is 10.8. The number of nitrogens with zero attached hydrogens (tertiary/aromatic N) is 2. The minimum atomic E-state index is -0.651. The fourth-order valence-corrected chi connectivity index (χ4v) is 2.17. The highest BCUT2D eigenvalue weighted by Crippen LogP contribution is 2.30. The maximum atomic E-state index is 10.3. The van der Waals surface area contributed by atoms with Crippen molar-refractivity contribution in [2.45, 2.75) is 13.0 Å². The first kappa shape index (κ1) is 11.4. The lowest BCUT2D eigenvalue weighted by atomic mass is 10.0. The second-order valence-electron chi connectivity index (χ2n) is 3.76. The normalized spacial score (nSPS) is 12.8. The van der Waals surface area contributed by atoms with Crippen LogP contribution in [0.25, 0.3) is 0 Å². The van der Waals surface area contributed by atoms with Crippen molar-refractivity contribution in [2.24, 2.45) is 7.05 Å². The number of hydrogen-bond donors (Lipinski definition) is 1. The lowest BCUT2D eigenvalue weighted by Crippen LogP contribution is -2.07. The molecule has 0 aliphatic heterocycles. The van der Waals surface area contributed by atoms with E-state index in [4.69, 9.17) is 0 Å². The van der Waals surface area contributed by atoms with Crippen LogP contribution in [0.2, 0.25) is 0 Å². The molecule has 0 fully saturated rings. The number of aliphatic hydroxyl groups is 1. The van der Waals surface area contributed by atoms with Gasteiger partial charge in [0.05, 0.1) is 5.69 Å². The van der Waals surface area contributed by atoms with Crippen LogP contribution in [0, 0.1) is 6.92 Å². The molecule has 84 valence electrons. The summed E-state index contributed by atoms with van der Waals surface area (Å²) in [5.41, 5.74) is 2.76. The molecule has 2 rings (SSSR count). The average molecular weight is 281 g/mol. The number of halogens is 1. The molecule has 16 heavy (non-hydrogen) atoms. The van der Waals surface area contributed by atoms with Crippen LogP contribution in [0.5, 0.6) is 0 Å². The first-order valence-corrected chi connectivity index (χ1v) is 5.81. The SMILES string of the molecule is Cc1cccc(C(O)c2ccnn2C)c1Br. The summed E-state index contributed by atoms with van der Waals surface area (Å²) in [6, 6.07) is 7.67. The van der Waals surface area contributed by atoms with E-state index in [0.717, 1.165) is 21.3 Å². The van der Waals surface area contributed by atoms with Gasteiger partial charge in [-0.2, -0.15) is 5.10 Å². The fourth-order valence-electron chi connectivity index (χ4n) is 1.69. The standard InChI is InChI=1S/C12H13BrN2O/c1-8-4-3-5-9(11(8)13)12(16)10-6-7-14-15(10)2/h3-7,12,16H,1-2H3. The monoisotopic (exact) mass is 280 g/mol. The van der Waals surface area contributed by atoms with Crippen LogP contribution in [0.15, 0.2) is 34.9 Å². The Morgan fingerprint density at radius 2 is 2.12 bits per heavy atom. The molecule has 0 amide bonds. The molecule has 1 aromatic carbocycles. The fraction of sp³-hybridized carbons (Fsp3) is 0.250. The molecule has 0 bridgehead atoms. The van der Waals surface area contributed by atoms with Gasteiger partial charge in [-0.05, 0) is 18.6 Å². The molecule has 3 nitrogen and oxygen atoms in total. The van der Waals surface area contributed by atoms with E-state index in [-0.39, 0.29) is 0 Å². The Hall–Kier alpha value is -1.13. The first-order valence-electron chi connectivity index (χ1n) is 5.02. The highest BCUT2D eigenvalue weighted by Gasteiger charge is 2.17. The molecule has 1 unspecified atom stereocenters. The molecule has 1 N–H and O–H groups in total. The van der Waals surface area contributed by atoms with E-state index in [9.17, 15) is 5.11 Å². The molecule has 0 saturated carbocycles. The summed E-state index contributed by atoms with van der Waals surface area (Å²) < 4.78 is 2.63. The lowest BCUT2D eigenvalue weighted by Gasteiger charge is -2.14. The Labute approximate surface area is 103 Å². The molecule has 0 aliphatic rings. The van der Waals surface area contributed by atoms with Gasteiger partial charge in [0.25, 0.3) is 0 Å². The third kappa shape index (κ3) is 1.90. The highest BCUT2D eigenvalue weighted by atomic mass is 79.9. The van der Waals surface area contributed by atoms with Gasteiger partial charge in [0.2, 0.25) is 0 Å². The van der Waals surface area contributed by atoms with Gasteiger partial charge >= 0.3 is 0 Å². The molecule has 1 heterocycles. The van der Waals surface area contributed by atoms with Gasteiger partial charge in [-0.15, -0.1) is 0 Å². The van der Waals surface area contributed by atoms with Crippen LogP contribution >= 0.6 is 15.9 Å². The van der Waals surface area contributed by atoms with Crippen LogP contribution in [-0.2, 0) is 7.05 Å². The number of rotatable bonds is 2. The maximum absolute atomic E-state index is 10.3. The Morgan fingerprint density at radius 3 is 2.75 bits per heavy atom. The molecule has 0 aliphatic carbocycles. The van der Waals surface area contributed by atoms with Gasteiger partial charge < -0.3 is 5.11 Å². The third-order valence-corrected chi connectivity index (χ3v) is 3.74. The molecule has 1 atom stereocenters. The van der Waals surface area contributed by atoms with Gasteiger partial charge in [-0.1, -0.05) is 34.1 Å². The molecule has 0 radical (unpaired) electrons. The summed E-state index contributed by atoms with van der Waals surface area (Å²) in [6.07, 6.45) is 1.03. The van der Waals surface area contributed by atoms with E-state index in [0.29, 0.717) is 0 Å². The van der Waals surface area contributed by atoms with Crippen LogP contribution in [0.3, 0.4) is 0 Å². The molecule has 1 aromatic heterocycles. The summed E-state index contributed by atoms with van der Waals surface area (Å²) in [6.45, 7) is 2.00. The number of aromatic nitrogens is 2. The van der Waals surface area contributed by atoms with Crippen molar-refractivity contribution in [3.63, 3.8) is 0 Å². The summed E-state index contributed by atoms with van der Waals surface area (Å²) in [5.74, 6) is 0. The number of aliphatic hydroxyl groups excluding tert-OH is 1. The summed E-state index contributed by atoms with van der Waals surface area (Å²) in [4.78, 5) is 0. The topological polar surface area (TPSA) is 38.1 Å². The largest absolute Gasteiger partial charge is 0.382 e. The summed E-state index contributed by atoms with van der Waals surface area (Å²) >= 11 is 3.50. The van der Waals surface area contributed by atoms with Crippen molar-refractivity contribution in [1.29, 1.82) is 0 Å². The zero-order chi connectivity index (χ0) is 11.7. The second kappa shape index (κ2) is 4.39. The molecule has 4 heteroatoms. The van der Waals surface area contributed by atoms with Crippen molar-refractivity contribution in [1.82, 2.24) is 9.78 Å². The molecular formula is C12H13BrN2O. The van der Waals surface area contributed by atoms with Crippen molar-refractivity contribution in [3.05, 3.63) is 51.8 Å². The minimum Gasteiger partial charge on any atom is -0.382 e. The lowest BCUT2D eigenvalue weighted by molar-refractivity contribution is 0.209. The second-order valence-corrected chi connectivity index (χ2v) is 4.55. The number of benzene rings is 1. The Balaban J connectivity index is 2.46. The van der Waals surface area contributed by atoms with Crippen LogP contribution in [-0.4, -0.2) is 14.9 Å². The maximum Gasteiger partial charge on any atom is 0.122 e. The van der Waals surface area contributed by atoms with Crippen molar-refractivity contribution in [3.8, 4) is 0 Å². The molecular weight excluding hydrogens is 268 g/mol. The van der Waals surface area contributed by atoms with E-state index in [1.165, 1.54) is 0 Å². The van der Waals surface area contributed by atoms with E-state index in [1.807, 2.05) is 38.2 Å². The molecule has 0 saturated heterocycles. The van der Waals surface area contributed by atoms with E-state index in [1.54, 1.807) is 10.9 Å². The predicted molar refractivity (Wildman–Crippen MR) is 66.1 cm³/mol. The van der Waals surface area contributed by atoms with Crippen molar-refractivity contribution in [2.75, 3.05) is 0 Å². The van der Waals surface area contributed by atoms with E-state index in [2.05, 4.69) is 21.0 Å². The van der Waals surface area contributed by atoms with Crippen LogP contribution in [0.1, 0.15) is 22.9 Å². The van der Waals surface area contributed by atoms with Gasteiger partial charge in [0, 0.05) is 23.3 Å². The van der Waals surface area contributed by atoms with E-state index < -0.39 is 6.10 Å². The van der Waals surface area contributed by atoms with Crippen LogP contribution in [0.4, 0.5) is 0 Å². The van der Waals surface area contributed by atoms with Crippen molar-refractivity contribution >= 4 is 15.9 Å². The number of hydrogen-bond acceptors (Lipinski definition) is 2. The van der Waals surface area contributed by atoms with Crippen molar-refractivity contribution < 1.29 is 5.11 Å². The highest BCUT2D eigenvalue weighted by molar-refractivity contribution is 9.10. The predicted octanol–water partition coefficient (Wildman–Crippen LogP) is 2.57. The molecule has 0 spiro atoms. The van der Waals surface area contributed by atoms with Gasteiger partial charge in [-0.3, -0.25) is 4.68 Å². The minimum absolute atomic E-state index is 0.651. The van der Waals surface area contributed by atoms with Gasteiger partial charge in [0.1, 0.15) is 6.10 Å². The molecule has 2 aromatic rings. The zero-order valence-electron chi connectivity index (χ0n) is 9.18. The first-order chi connectivity index (χ1) is 7.61. The van der Waals surface area contributed by atoms with E-state index >= 15 is 0 Å².